The molecule has 0 unspecified atom stereocenters. The van der Waals surface area contributed by atoms with Crippen molar-refractivity contribution in [1.82, 2.24) is 5.32 Å². The summed E-state index contributed by atoms with van der Waals surface area (Å²) in [5, 5.41) is 3.80. The van der Waals surface area contributed by atoms with Crippen LogP contribution in [0, 0.1) is 0 Å². The fourth-order valence-corrected chi connectivity index (χ4v) is 4.38. The molecule has 2 aliphatic heterocycles. The molecule has 2 aromatic carbocycles. The average molecular weight is 366 g/mol. The van der Waals surface area contributed by atoms with Crippen LogP contribution >= 0.6 is 0 Å². The molecule has 2 heterocycles. The fraction of sp³-hybridized carbons (Fsp3) is 0.478. The van der Waals surface area contributed by atoms with Gasteiger partial charge in [0.25, 0.3) is 0 Å². The molecule has 4 heteroatoms. The van der Waals surface area contributed by atoms with Crippen molar-refractivity contribution in [3.05, 3.63) is 54.1 Å². The first kappa shape index (κ1) is 18.2. The Kier molecular flexibility index (Phi) is 5.83. The molecule has 0 radical (unpaired) electrons. The van der Waals surface area contributed by atoms with E-state index in [0.717, 1.165) is 31.9 Å². The minimum atomic E-state index is 0.638. The second kappa shape index (κ2) is 8.66. The Labute approximate surface area is 163 Å². The Morgan fingerprint density at radius 1 is 1.00 bits per heavy atom. The number of para-hydroxylation sites is 1. The van der Waals surface area contributed by atoms with Crippen molar-refractivity contribution in [2.45, 2.75) is 31.7 Å². The van der Waals surface area contributed by atoms with Crippen LogP contribution in [0.3, 0.4) is 0 Å². The van der Waals surface area contributed by atoms with Gasteiger partial charge in [0.1, 0.15) is 5.75 Å². The lowest BCUT2D eigenvalue weighted by Crippen LogP contribution is -2.45. The minimum absolute atomic E-state index is 0.638. The molecule has 27 heavy (non-hydrogen) atoms. The van der Waals surface area contributed by atoms with Crippen LogP contribution in [0.15, 0.2) is 48.5 Å². The number of piperidine rings is 1. The van der Waals surface area contributed by atoms with E-state index < -0.39 is 0 Å². The zero-order valence-electron chi connectivity index (χ0n) is 16.4. The van der Waals surface area contributed by atoms with Crippen LogP contribution in [0.4, 0.5) is 11.4 Å². The second-order valence-corrected chi connectivity index (χ2v) is 7.63. The number of fused-ring (bicyclic) bond motifs is 1. The zero-order valence-corrected chi connectivity index (χ0v) is 16.4. The summed E-state index contributed by atoms with van der Waals surface area (Å²) in [4.78, 5) is 5.04. The van der Waals surface area contributed by atoms with Crippen molar-refractivity contribution < 1.29 is 4.74 Å². The predicted molar refractivity (Wildman–Crippen MR) is 113 cm³/mol. The Morgan fingerprint density at radius 3 is 2.56 bits per heavy atom. The SMILES string of the molecule is COc1ccc(N2CCC(NCCN3CCCc4ccccc43)CC2)cc1. The molecule has 0 saturated carbocycles. The highest BCUT2D eigenvalue weighted by Crippen LogP contribution is 2.26. The summed E-state index contributed by atoms with van der Waals surface area (Å²) in [6.07, 6.45) is 4.92. The zero-order chi connectivity index (χ0) is 18.5. The largest absolute Gasteiger partial charge is 0.497 e. The van der Waals surface area contributed by atoms with Crippen LogP contribution in [0.25, 0.3) is 0 Å². The third kappa shape index (κ3) is 4.38. The van der Waals surface area contributed by atoms with Gasteiger partial charge in [0.2, 0.25) is 0 Å². The molecule has 2 aromatic rings. The summed E-state index contributed by atoms with van der Waals surface area (Å²) >= 11 is 0. The van der Waals surface area contributed by atoms with Gasteiger partial charge in [-0.1, -0.05) is 18.2 Å². The van der Waals surface area contributed by atoms with Gasteiger partial charge in [-0.2, -0.15) is 0 Å². The van der Waals surface area contributed by atoms with Crippen molar-refractivity contribution in [3.8, 4) is 5.75 Å². The number of ether oxygens (including phenoxy) is 1. The van der Waals surface area contributed by atoms with Gasteiger partial charge in [0, 0.05) is 50.1 Å². The molecule has 4 rings (SSSR count). The van der Waals surface area contributed by atoms with Crippen LogP contribution < -0.4 is 19.9 Å². The van der Waals surface area contributed by atoms with Gasteiger partial charge in [-0.3, -0.25) is 0 Å². The fourth-order valence-electron chi connectivity index (χ4n) is 4.38. The molecule has 0 spiro atoms. The lowest BCUT2D eigenvalue weighted by Gasteiger charge is -2.35. The maximum Gasteiger partial charge on any atom is 0.119 e. The van der Waals surface area contributed by atoms with Crippen molar-refractivity contribution in [2.24, 2.45) is 0 Å². The van der Waals surface area contributed by atoms with E-state index in [4.69, 9.17) is 4.74 Å². The molecule has 0 bridgehead atoms. The predicted octanol–water partition coefficient (Wildman–Crippen LogP) is 3.71. The van der Waals surface area contributed by atoms with Crippen molar-refractivity contribution in [1.29, 1.82) is 0 Å². The Bertz CT molecular complexity index is 723. The smallest absolute Gasteiger partial charge is 0.119 e. The first-order valence-electron chi connectivity index (χ1n) is 10.3. The molecule has 0 aromatic heterocycles. The van der Waals surface area contributed by atoms with Gasteiger partial charge in [0.05, 0.1) is 7.11 Å². The maximum absolute atomic E-state index is 5.26. The monoisotopic (exact) mass is 365 g/mol. The molecule has 0 atom stereocenters. The highest BCUT2D eigenvalue weighted by Gasteiger charge is 2.20. The van der Waals surface area contributed by atoms with Gasteiger partial charge >= 0.3 is 0 Å². The number of hydrogen-bond acceptors (Lipinski definition) is 4. The van der Waals surface area contributed by atoms with Gasteiger partial charge < -0.3 is 19.9 Å². The molecule has 4 nitrogen and oxygen atoms in total. The standard InChI is InChI=1S/C23H31N3O/c1-27-22-10-8-21(9-11-22)25-16-12-20(13-17-25)24-14-18-26-15-4-6-19-5-2-3-7-23(19)26/h2-3,5,7-11,20,24H,4,6,12-18H2,1H3. The first-order valence-corrected chi connectivity index (χ1v) is 10.3. The van der Waals surface area contributed by atoms with Crippen molar-refractivity contribution >= 4 is 11.4 Å². The van der Waals surface area contributed by atoms with Crippen LogP contribution in [0.2, 0.25) is 0 Å². The van der Waals surface area contributed by atoms with Gasteiger partial charge in [-0.05, 0) is 61.6 Å². The number of anilines is 2. The Morgan fingerprint density at radius 2 is 1.78 bits per heavy atom. The number of hydrogen-bond donors (Lipinski definition) is 1. The molecule has 144 valence electrons. The van der Waals surface area contributed by atoms with Gasteiger partial charge in [-0.25, -0.2) is 0 Å². The summed E-state index contributed by atoms with van der Waals surface area (Å²) < 4.78 is 5.26. The van der Waals surface area contributed by atoms with Crippen LogP contribution in [0.1, 0.15) is 24.8 Å². The Hall–Kier alpha value is -2.20. The summed E-state index contributed by atoms with van der Waals surface area (Å²) in [6.45, 7) is 5.61. The molecular weight excluding hydrogens is 334 g/mol. The number of methoxy groups -OCH3 is 1. The third-order valence-corrected chi connectivity index (χ3v) is 5.95. The molecule has 1 saturated heterocycles. The van der Waals surface area contributed by atoms with Crippen molar-refractivity contribution in [2.75, 3.05) is 49.6 Å². The molecule has 1 N–H and O–H groups in total. The van der Waals surface area contributed by atoms with Crippen LogP contribution in [-0.2, 0) is 6.42 Å². The molecular formula is C23H31N3O. The van der Waals surface area contributed by atoms with Gasteiger partial charge in [-0.15, -0.1) is 0 Å². The maximum atomic E-state index is 5.26. The number of rotatable bonds is 6. The second-order valence-electron chi connectivity index (χ2n) is 7.63. The molecule has 2 aliphatic rings. The van der Waals surface area contributed by atoms with E-state index in [0.29, 0.717) is 6.04 Å². The Balaban J connectivity index is 1.22. The quantitative estimate of drug-likeness (QED) is 0.845. The summed E-state index contributed by atoms with van der Waals surface area (Å²) in [5.41, 5.74) is 4.26. The lowest BCUT2D eigenvalue weighted by atomic mass is 10.0. The summed E-state index contributed by atoms with van der Waals surface area (Å²) in [5.74, 6) is 0.926. The highest BCUT2D eigenvalue weighted by molar-refractivity contribution is 5.55. The normalized spacial score (nSPS) is 17.7. The molecule has 0 aliphatic carbocycles. The number of nitrogens with one attached hydrogen (secondary N) is 1. The van der Waals surface area contributed by atoms with E-state index in [1.165, 1.54) is 49.2 Å². The number of nitrogens with zero attached hydrogens (tertiary/aromatic N) is 2. The van der Waals surface area contributed by atoms with E-state index in [9.17, 15) is 0 Å². The van der Waals surface area contributed by atoms with E-state index in [1.807, 2.05) is 0 Å². The lowest BCUT2D eigenvalue weighted by molar-refractivity contribution is 0.412. The highest BCUT2D eigenvalue weighted by atomic mass is 16.5. The van der Waals surface area contributed by atoms with E-state index >= 15 is 0 Å². The van der Waals surface area contributed by atoms with Crippen LogP contribution in [0.5, 0.6) is 5.75 Å². The van der Waals surface area contributed by atoms with Crippen LogP contribution in [-0.4, -0.2) is 45.9 Å². The summed E-state index contributed by atoms with van der Waals surface area (Å²) in [7, 11) is 1.72. The van der Waals surface area contributed by atoms with E-state index in [-0.39, 0.29) is 0 Å². The number of aryl methyl sites for hydroxylation is 1. The summed E-state index contributed by atoms with van der Waals surface area (Å²) in [6, 6.07) is 18.0. The average Bonchev–Trinajstić information content (AvgIpc) is 2.74. The molecule has 0 amide bonds. The van der Waals surface area contributed by atoms with E-state index in [2.05, 4.69) is 63.6 Å². The third-order valence-electron chi connectivity index (χ3n) is 5.95. The topological polar surface area (TPSA) is 27.7 Å². The molecule has 1 fully saturated rings. The van der Waals surface area contributed by atoms with E-state index in [1.54, 1.807) is 7.11 Å². The van der Waals surface area contributed by atoms with Crippen molar-refractivity contribution in [3.63, 3.8) is 0 Å². The minimum Gasteiger partial charge on any atom is -0.497 e. The first-order chi connectivity index (χ1) is 13.3. The van der Waals surface area contributed by atoms with Gasteiger partial charge in [0.15, 0.2) is 0 Å². The number of benzene rings is 2.